The molecule has 2 N–H and O–H groups in total. The van der Waals surface area contributed by atoms with Crippen LogP contribution in [0.25, 0.3) is 0 Å². The molecule has 0 spiro atoms. The highest BCUT2D eigenvalue weighted by Gasteiger charge is 2.21. The van der Waals surface area contributed by atoms with Gasteiger partial charge in [-0.25, -0.2) is 4.39 Å². The van der Waals surface area contributed by atoms with Crippen LogP contribution in [0.3, 0.4) is 0 Å². The van der Waals surface area contributed by atoms with E-state index in [1.807, 2.05) is 0 Å². The van der Waals surface area contributed by atoms with Gasteiger partial charge in [-0.1, -0.05) is 0 Å². The smallest absolute Gasteiger partial charge is 0.123 e. The Kier molecular flexibility index (Phi) is 4.12. The molecule has 1 unspecified atom stereocenters. The maximum Gasteiger partial charge on any atom is 0.123 e. The lowest BCUT2D eigenvalue weighted by Crippen LogP contribution is -2.25. The molecule has 94 valence electrons. The van der Waals surface area contributed by atoms with Crippen molar-refractivity contribution in [2.75, 3.05) is 18.9 Å². The summed E-state index contributed by atoms with van der Waals surface area (Å²) in [5.41, 5.74) is 6.88. The zero-order valence-corrected chi connectivity index (χ0v) is 10.3. The van der Waals surface area contributed by atoms with Crippen LogP contribution in [-0.4, -0.2) is 22.7 Å². The molecule has 0 radical (unpaired) electrons. The number of nitrogens with two attached hydrogens (primary N) is 1. The van der Waals surface area contributed by atoms with Crippen LogP contribution in [0, 0.1) is 5.82 Å². The van der Waals surface area contributed by atoms with Crippen molar-refractivity contribution in [3.8, 4) is 0 Å². The van der Waals surface area contributed by atoms with Crippen molar-refractivity contribution >= 4 is 16.5 Å². The van der Waals surface area contributed by atoms with Crippen molar-refractivity contribution in [3.05, 3.63) is 29.6 Å². The van der Waals surface area contributed by atoms with E-state index in [1.54, 1.807) is 0 Å². The molecule has 0 saturated carbocycles. The number of nitrogen functional groups attached to an aromatic ring is 1. The first-order chi connectivity index (χ1) is 8.16. The molecule has 1 heterocycles. The van der Waals surface area contributed by atoms with Gasteiger partial charge in [-0.15, -0.1) is 0 Å². The molecular weight excluding hydrogens is 241 g/mol. The highest BCUT2D eigenvalue weighted by molar-refractivity contribution is 7.84. The van der Waals surface area contributed by atoms with E-state index in [4.69, 9.17) is 10.5 Å². The van der Waals surface area contributed by atoms with Crippen LogP contribution >= 0.6 is 0 Å². The van der Waals surface area contributed by atoms with Crippen LogP contribution in [-0.2, 0) is 21.3 Å². The number of rotatable bonds is 3. The molecule has 1 aliphatic heterocycles. The molecule has 1 aromatic carbocycles. The summed E-state index contributed by atoms with van der Waals surface area (Å²) < 4.78 is 30.4. The molecule has 0 aromatic heterocycles. The van der Waals surface area contributed by atoms with Gasteiger partial charge in [-0.3, -0.25) is 4.21 Å². The maximum absolute atomic E-state index is 13.1. The molecule has 1 atom stereocenters. The van der Waals surface area contributed by atoms with Crippen molar-refractivity contribution in [2.45, 2.75) is 23.8 Å². The second-order valence-corrected chi connectivity index (χ2v) is 5.90. The van der Waals surface area contributed by atoms with Gasteiger partial charge in [0.2, 0.25) is 0 Å². The second-order valence-electron chi connectivity index (χ2n) is 4.18. The highest BCUT2D eigenvalue weighted by Crippen LogP contribution is 2.20. The van der Waals surface area contributed by atoms with E-state index in [-0.39, 0.29) is 11.1 Å². The third-order valence-corrected chi connectivity index (χ3v) is 4.75. The first-order valence-electron chi connectivity index (χ1n) is 5.65. The van der Waals surface area contributed by atoms with E-state index in [2.05, 4.69) is 0 Å². The minimum absolute atomic E-state index is 0.145. The summed E-state index contributed by atoms with van der Waals surface area (Å²) in [5.74, 6) is -0.00738. The van der Waals surface area contributed by atoms with E-state index < -0.39 is 10.8 Å². The van der Waals surface area contributed by atoms with Gasteiger partial charge in [-0.2, -0.15) is 0 Å². The summed E-state index contributed by atoms with van der Waals surface area (Å²) in [6.07, 6.45) is 1.61. The van der Waals surface area contributed by atoms with Gasteiger partial charge < -0.3 is 10.5 Å². The molecule has 1 fully saturated rings. The summed E-state index contributed by atoms with van der Waals surface area (Å²) in [6.45, 7) is 1.32. The SMILES string of the molecule is Nc1ccc(F)cc1CS(=O)C1CCOCC1. The van der Waals surface area contributed by atoms with Crippen LogP contribution in [0.5, 0.6) is 0 Å². The predicted octanol–water partition coefficient (Wildman–Crippen LogP) is 1.84. The lowest BCUT2D eigenvalue weighted by atomic mass is 10.2. The van der Waals surface area contributed by atoms with Crippen molar-refractivity contribution < 1.29 is 13.3 Å². The standard InChI is InChI=1S/C12H16FNO2S/c13-10-1-2-12(14)9(7-10)8-17(15)11-3-5-16-6-4-11/h1-2,7,11H,3-6,8,14H2. The Hall–Kier alpha value is -0.940. The number of halogens is 1. The average molecular weight is 257 g/mol. The van der Waals surface area contributed by atoms with Crippen LogP contribution in [0.1, 0.15) is 18.4 Å². The Bertz CT molecular complexity index is 419. The Morgan fingerprint density at radius 1 is 1.41 bits per heavy atom. The summed E-state index contributed by atoms with van der Waals surface area (Å²) in [7, 11) is -1.00. The van der Waals surface area contributed by atoms with Gasteiger partial charge in [-0.05, 0) is 36.6 Å². The predicted molar refractivity (Wildman–Crippen MR) is 66.5 cm³/mol. The lowest BCUT2D eigenvalue weighted by Gasteiger charge is -2.21. The van der Waals surface area contributed by atoms with Gasteiger partial charge in [0, 0.05) is 35.0 Å². The molecule has 5 heteroatoms. The molecule has 1 aliphatic rings. The molecule has 1 aromatic rings. The average Bonchev–Trinajstić information content (AvgIpc) is 2.35. The van der Waals surface area contributed by atoms with E-state index in [9.17, 15) is 8.60 Å². The fourth-order valence-electron chi connectivity index (χ4n) is 1.91. The Labute approximate surface area is 103 Å². The molecule has 0 bridgehead atoms. The van der Waals surface area contributed by atoms with Gasteiger partial charge in [0.1, 0.15) is 5.82 Å². The highest BCUT2D eigenvalue weighted by atomic mass is 32.2. The normalized spacial score (nSPS) is 19.1. The summed E-state index contributed by atoms with van der Waals surface area (Å²) in [6, 6.07) is 4.20. The van der Waals surface area contributed by atoms with Gasteiger partial charge in [0.15, 0.2) is 0 Å². The molecule has 0 amide bonds. The second kappa shape index (κ2) is 5.60. The van der Waals surface area contributed by atoms with Crippen molar-refractivity contribution in [1.29, 1.82) is 0 Å². The van der Waals surface area contributed by atoms with Crippen LogP contribution < -0.4 is 5.73 Å². The Morgan fingerprint density at radius 2 is 2.12 bits per heavy atom. The number of hydrogen-bond acceptors (Lipinski definition) is 3. The molecule has 1 saturated heterocycles. The van der Waals surface area contributed by atoms with Crippen molar-refractivity contribution in [1.82, 2.24) is 0 Å². The maximum atomic E-state index is 13.1. The fourth-order valence-corrected chi connectivity index (χ4v) is 3.42. The Balaban J connectivity index is 2.04. The summed E-state index contributed by atoms with van der Waals surface area (Å²) in [4.78, 5) is 0. The number of ether oxygens (including phenoxy) is 1. The Morgan fingerprint density at radius 3 is 2.82 bits per heavy atom. The minimum Gasteiger partial charge on any atom is -0.398 e. The zero-order valence-electron chi connectivity index (χ0n) is 9.52. The topological polar surface area (TPSA) is 52.3 Å². The summed E-state index contributed by atoms with van der Waals surface area (Å²) >= 11 is 0. The van der Waals surface area contributed by atoms with E-state index >= 15 is 0 Å². The lowest BCUT2D eigenvalue weighted by molar-refractivity contribution is 0.0992. The molecule has 17 heavy (non-hydrogen) atoms. The van der Waals surface area contributed by atoms with Crippen LogP contribution in [0.15, 0.2) is 18.2 Å². The molecule has 2 rings (SSSR count). The molecule has 0 aliphatic carbocycles. The molecule has 3 nitrogen and oxygen atoms in total. The largest absolute Gasteiger partial charge is 0.398 e. The third-order valence-electron chi connectivity index (χ3n) is 2.94. The van der Waals surface area contributed by atoms with Gasteiger partial charge in [0.25, 0.3) is 0 Å². The molecular formula is C12H16FNO2S. The van der Waals surface area contributed by atoms with Gasteiger partial charge >= 0.3 is 0 Å². The fraction of sp³-hybridized carbons (Fsp3) is 0.500. The van der Waals surface area contributed by atoms with Crippen molar-refractivity contribution in [2.24, 2.45) is 0 Å². The minimum atomic E-state index is -1.00. The van der Waals surface area contributed by atoms with Gasteiger partial charge in [0.05, 0.1) is 5.75 Å². The third kappa shape index (κ3) is 3.26. The quantitative estimate of drug-likeness (QED) is 0.841. The van der Waals surface area contributed by atoms with E-state index in [0.29, 0.717) is 30.2 Å². The van der Waals surface area contributed by atoms with Crippen molar-refractivity contribution in [3.63, 3.8) is 0 Å². The van der Waals surface area contributed by atoms with Crippen LogP contribution in [0.4, 0.5) is 10.1 Å². The number of benzene rings is 1. The number of hydrogen-bond donors (Lipinski definition) is 1. The first kappa shape index (κ1) is 12.5. The number of anilines is 1. The van der Waals surface area contributed by atoms with E-state index in [1.165, 1.54) is 18.2 Å². The van der Waals surface area contributed by atoms with Crippen LogP contribution in [0.2, 0.25) is 0 Å². The summed E-state index contributed by atoms with van der Waals surface area (Å²) in [5, 5.41) is 0.145. The monoisotopic (exact) mass is 257 g/mol. The zero-order chi connectivity index (χ0) is 12.3. The first-order valence-corrected chi connectivity index (χ1v) is 7.04. The van der Waals surface area contributed by atoms with E-state index in [0.717, 1.165) is 12.8 Å².